The lowest BCUT2D eigenvalue weighted by Gasteiger charge is -2.37. The highest BCUT2D eigenvalue weighted by Gasteiger charge is 2.32. The number of amides is 2. The van der Waals surface area contributed by atoms with Crippen molar-refractivity contribution in [1.29, 1.82) is 0 Å². The molecule has 2 fully saturated rings. The lowest BCUT2D eigenvalue weighted by atomic mass is 9.83. The summed E-state index contributed by atoms with van der Waals surface area (Å²) in [5.41, 5.74) is 3.88. The highest BCUT2D eigenvalue weighted by atomic mass is 16.2. The van der Waals surface area contributed by atoms with Gasteiger partial charge in [0.25, 0.3) is 0 Å². The van der Waals surface area contributed by atoms with Crippen molar-refractivity contribution in [2.75, 3.05) is 32.7 Å². The summed E-state index contributed by atoms with van der Waals surface area (Å²) in [5.74, 6) is 0.728. The Morgan fingerprint density at radius 2 is 1.94 bits per heavy atom. The van der Waals surface area contributed by atoms with Crippen molar-refractivity contribution >= 4 is 11.8 Å². The van der Waals surface area contributed by atoms with E-state index >= 15 is 0 Å². The number of carbonyl (C=O) groups excluding carboxylic acids is 2. The van der Waals surface area contributed by atoms with Crippen LogP contribution in [-0.2, 0) is 16.1 Å². The Hall–Kier alpha value is -2.66. The Kier molecular flexibility index (Phi) is 7.59. The van der Waals surface area contributed by atoms with Crippen molar-refractivity contribution in [2.24, 2.45) is 5.92 Å². The molecular weight excluding hydrogens is 398 g/mol. The second-order valence-electron chi connectivity index (χ2n) is 9.35. The molecule has 5 heteroatoms. The molecule has 2 heterocycles. The first-order valence-electron chi connectivity index (χ1n) is 12.0. The minimum atomic E-state index is -0.0219. The number of likely N-dealkylation sites (tertiary alicyclic amines) is 2. The molecule has 0 spiro atoms. The van der Waals surface area contributed by atoms with E-state index in [1.807, 2.05) is 11.0 Å². The molecule has 2 atom stereocenters. The summed E-state index contributed by atoms with van der Waals surface area (Å²) in [4.78, 5) is 29.2. The smallest absolute Gasteiger partial charge is 0.224 e. The zero-order valence-electron chi connectivity index (χ0n) is 19.1. The molecule has 2 aromatic carbocycles. The molecule has 2 amide bonds. The average Bonchev–Trinajstić information content (AvgIpc) is 3.21. The molecule has 0 aliphatic carbocycles. The Labute approximate surface area is 191 Å². The molecule has 1 N–H and O–H groups in total. The van der Waals surface area contributed by atoms with Crippen molar-refractivity contribution in [1.82, 2.24) is 15.1 Å². The number of piperidine rings is 1. The van der Waals surface area contributed by atoms with Gasteiger partial charge in [0.15, 0.2) is 0 Å². The Morgan fingerprint density at radius 3 is 2.69 bits per heavy atom. The molecule has 4 rings (SSSR count). The summed E-state index contributed by atoms with van der Waals surface area (Å²) in [6.07, 6.45) is 3.33. The van der Waals surface area contributed by atoms with Crippen LogP contribution >= 0.6 is 0 Å². The SMILES string of the molecule is Cc1cccc(C2CC(C(=O)NCCCN3CCCC3=O)CN(Cc3ccccc3)C2)c1. The molecule has 2 unspecified atom stereocenters. The highest BCUT2D eigenvalue weighted by molar-refractivity contribution is 5.79. The van der Waals surface area contributed by atoms with Crippen LogP contribution in [-0.4, -0.2) is 54.3 Å². The predicted octanol–water partition coefficient (Wildman–Crippen LogP) is 3.73. The second kappa shape index (κ2) is 10.8. The van der Waals surface area contributed by atoms with Crippen molar-refractivity contribution in [2.45, 2.75) is 45.1 Å². The van der Waals surface area contributed by atoms with Crippen LogP contribution < -0.4 is 5.32 Å². The van der Waals surface area contributed by atoms with Crippen LogP contribution in [0.1, 0.15) is 48.3 Å². The van der Waals surface area contributed by atoms with Crippen LogP contribution in [0.5, 0.6) is 0 Å². The second-order valence-corrected chi connectivity index (χ2v) is 9.35. The summed E-state index contributed by atoms with van der Waals surface area (Å²) in [6, 6.07) is 19.2. The third-order valence-corrected chi connectivity index (χ3v) is 6.73. The van der Waals surface area contributed by atoms with Gasteiger partial charge in [-0.1, -0.05) is 60.2 Å². The third kappa shape index (κ3) is 5.98. The van der Waals surface area contributed by atoms with E-state index in [0.717, 1.165) is 52.0 Å². The summed E-state index contributed by atoms with van der Waals surface area (Å²) < 4.78 is 0. The fraction of sp³-hybridized carbons (Fsp3) is 0.481. The van der Waals surface area contributed by atoms with E-state index in [1.54, 1.807) is 0 Å². The number of nitrogens with zero attached hydrogens (tertiary/aromatic N) is 2. The normalized spacial score (nSPS) is 21.7. The minimum Gasteiger partial charge on any atom is -0.356 e. The van der Waals surface area contributed by atoms with Crippen LogP contribution in [0.3, 0.4) is 0 Å². The maximum atomic E-state index is 13.1. The van der Waals surface area contributed by atoms with E-state index in [9.17, 15) is 9.59 Å². The molecule has 170 valence electrons. The van der Waals surface area contributed by atoms with Crippen molar-refractivity contribution < 1.29 is 9.59 Å². The van der Waals surface area contributed by atoms with Gasteiger partial charge in [-0.2, -0.15) is 0 Å². The van der Waals surface area contributed by atoms with E-state index < -0.39 is 0 Å². The molecule has 2 aromatic rings. The zero-order valence-corrected chi connectivity index (χ0v) is 19.1. The molecule has 32 heavy (non-hydrogen) atoms. The number of benzene rings is 2. The van der Waals surface area contributed by atoms with Gasteiger partial charge in [-0.15, -0.1) is 0 Å². The topological polar surface area (TPSA) is 52.7 Å². The summed E-state index contributed by atoms with van der Waals surface area (Å²) in [6.45, 7) is 6.99. The van der Waals surface area contributed by atoms with E-state index in [1.165, 1.54) is 16.7 Å². The quantitative estimate of drug-likeness (QED) is 0.646. The van der Waals surface area contributed by atoms with Crippen molar-refractivity contribution in [3.8, 4) is 0 Å². The minimum absolute atomic E-state index is 0.0219. The lowest BCUT2D eigenvalue weighted by Crippen LogP contribution is -2.45. The monoisotopic (exact) mass is 433 g/mol. The van der Waals surface area contributed by atoms with Crippen molar-refractivity contribution in [3.05, 3.63) is 71.3 Å². The molecule has 0 saturated carbocycles. The molecule has 0 bridgehead atoms. The average molecular weight is 434 g/mol. The highest BCUT2D eigenvalue weighted by Crippen LogP contribution is 2.31. The zero-order chi connectivity index (χ0) is 22.3. The molecule has 5 nitrogen and oxygen atoms in total. The van der Waals surface area contributed by atoms with Crippen molar-refractivity contribution in [3.63, 3.8) is 0 Å². The van der Waals surface area contributed by atoms with Crippen LogP contribution in [0.2, 0.25) is 0 Å². The third-order valence-electron chi connectivity index (χ3n) is 6.73. The number of hydrogen-bond donors (Lipinski definition) is 1. The van der Waals surface area contributed by atoms with Gasteiger partial charge in [-0.3, -0.25) is 14.5 Å². The fourth-order valence-electron chi connectivity index (χ4n) is 5.08. The Morgan fingerprint density at radius 1 is 1.09 bits per heavy atom. The van der Waals surface area contributed by atoms with E-state index in [-0.39, 0.29) is 17.7 Å². The van der Waals surface area contributed by atoms with Gasteiger partial charge in [-0.25, -0.2) is 0 Å². The molecule has 2 saturated heterocycles. The summed E-state index contributed by atoms with van der Waals surface area (Å²) in [7, 11) is 0. The number of hydrogen-bond acceptors (Lipinski definition) is 3. The first-order valence-corrected chi connectivity index (χ1v) is 12.0. The van der Waals surface area contributed by atoms with Gasteiger partial charge in [0.1, 0.15) is 0 Å². The van der Waals surface area contributed by atoms with Crippen LogP contribution in [0.25, 0.3) is 0 Å². The van der Waals surface area contributed by atoms with Gasteiger partial charge in [-0.05, 0) is 43.2 Å². The summed E-state index contributed by atoms with van der Waals surface area (Å²) >= 11 is 0. The number of aryl methyl sites for hydroxylation is 1. The first-order chi connectivity index (χ1) is 15.6. The van der Waals surface area contributed by atoms with E-state index in [2.05, 4.69) is 65.7 Å². The van der Waals surface area contributed by atoms with Crippen LogP contribution in [0.4, 0.5) is 0 Å². The molecule has 0 aromatic heterocycles. The van der Waals surface area contributed by atoms with Gasteiger partial charge in [0, 0.05) is 45.7 Å². The Bertz CT molecular complexity index is 914. The molecular formula is C27H35N3O2. The van der Waals surface area contributed by atoms with Crippen LogP contribution in [0.15, 0.2) is 54.6 Å². The number of rotatable bonds is 8. The van der Waals surface area contributed by atoms with E-state index in [0.29, 0.717) is 18.9 Å². The predicted molar refractivity (Wildman–Crippen MR) is 127 cm³/mol. The standard InChI is InChI=1S/C27H35N3O2/c1-21-8-5-11-23(16-21)24-17-25(20-29(19-24)18-22-9-3-2-4-10-22)27(32)28-13-7-15-30-14-6-12-26(30)31/h2-5,8-11,16,24-25H,6-7,12-15,17-20H2,1H3,(H,28,32). The van der Waals surface area contributed by atoms with Gasteiger partial charge in [0.05, 0.1) is 5.92 Å². The maximum absolute atomic E-state index is 13.1. The lowest BCUT2D eigenvalue weighted by molar-refractivity contribution is -0.127. The maximum Gasteiger partial charge on any atom is 0.224 e. The molecule has 2 aliphatic heterocycles. The fourth-order valence-corrected chi connectivity index (χ4v) is 5.08. The van der Waals surface area contributed by atoms with Gasteiger partial charge < -0.3 is 10.2 Å². The number of nitrogens with one attached hydrogen (secondary N) is 1. The van der Waals surface area contributed by atoms with Crippen LogP contribution in [0, 0.1) is 12.8 Å². The largest absolute Gasteiger partial charge is 0.356 e. The Balaban J connectivity index is 1.37. The summed E-state index contributed by atoms with van der Waals surface area (Å²) in [5, 5.41) is 3.16. The molecule has 0 radical (unpaired) electrons. The first kappa shape index (κ1) is 22.5. The van der Waals surface area contributed by atoms with Gasteiger partial charge >= 0.3 is 0 Å². The van der Waals surface area contributed by atoms with E-state index in [4.69, 9.17) is 0 Å². The van der Waals surface area contributed by atoms with Gasteiger partial charge in [0.2, 0.25) is 11.8 Å². The molecule has 2 aliphatic rings. The number of carbonyl (C=O) groups is 2.